The van der Waals surface area contributed by atoms with Gasteiger partial charge in [-0.15, -0.1) is 11.3 Å². The molecule has 2 aromatic carbocycles. The second-order valence-corrected chi connectivity index (χ2v) is 12.3. The first-order valence-corrected chi connectivity index (χ1v) is 15.7. The lowest BCUT2D eigenvalue weighted by molar-refractivity contribution is -0.123. The summed E-state index contributed by atoms with van der Waals surface area (Å²) in [5.74, 6) is -1.52. The Hall–Kier alpha value is -4.08. The minimum absolute atomic E-state index is 0.420. The van der Waals surface area contributed by atoms with Gasteiger partial charge in [0.15, 0.2) is 6.10 Å². The van der Waals surface area contributed by atoms with Crippen LogP contribution in [0, 0.1) is 0 Å². The Morgan fingerprint density at radius 2 is 1.70 bits per heavy atom. The van der Waals surface area contributed by atoms with E-state index in [0.717, 1.165) is 72.4 Å². The van der Waals surface area contributed by atoms with E-state index < -0.39 is 23.9 Å². The van der Waals surface area contributed by atoms with Crippen LogP contribution < -0.4 is 5.32 Å². The zero-order valence-corrected chi connectivity index (χ0v) is 25.3. The third-order valence-corrected chi connectivity index (χ3v) is 9.49. The van der Waals surface area contributed by atoms with Gasteiger partial charge in [0.05, 0.1) is 23.8 Å². The van der Waals surface area contributed by atoms with Gasteiger partial charge in [-0.1, -0.05) is 55.0 Å². The molecule has 4 aromatic rings. The summed E-state index contributed by atoms with van der Waals surface area (Å²) in [6, 6.07) is 17.8. The molecular weight excluding hydrogens is 562 g/mol. The number of hydrogen-bond donors (Lipinski definition) is 1. The highest BCUT2D eigenvalue weighted by atomic mass is 32.1. The van der Waals surface area contributed by atoms with Crippen LogP contribution >= 0.6 is 11.3 Å². The number of para-hydroxylation sites is 1. The van der Waals surface area contributed by atoms with Gasteiger partial charge in [0.2, 0.25) is 0 Å². The van der Waals surface area contributed by atoms with Gasteiger partial charge in [0.25, 0.3) is 5.91 Å². The Morgan fingerprint density at radius 1 is 0.930 bits per heavy atom. The number of rotatable bonds is 7. The van der Waals surface area contributed by atoms with Gasteiger partial charge in [-0.05, 0) is 49.8 Å². The average molecular weight is 598 g/mol. The molecule has 43 heavy (non-hydrogen) atoms. The molecule has 1 unspecified atom stereocenters. The summed E-state index contributed by atoms with van der Waals surface area (Å²) in [5, 5.41) is 4.03. The number of esters is 2. The number of nitrogens with zero attached hydrogens (tertiary/aromatic N) is 2. The summed E-state index contributed by atoms with van der Waals surface area (Å²) in [6.07, 6.45) is 4.40. The molecule has 1 N–H and O–H groups in total. The van der Waals surface area contributed by atoms with E-state index in [1.54, 1.807) is 6.92 Å². The summed E-state index contributed by atoms with van der Waals surface area (Å²) in [6.45, 7) is 3.69. The van der Waals surface area contributed by atoms with Crippen molar-refractivity contribution in [3.63, 3.8) is 0 Å². The van der Waals surface area contributed by atoms with Gasteiger partial charge in [-0.2, -0.15) is 0 Å². The number of pyridine rings is 1. The fraction of sp³-hybridized carbons (Fsp3) is 0.353. The number of nitrogens with one attached hydrogen (secondary N) is 1. The lowest BCUT2D eigenvalue weighted by Gasteiger charge is -2.30. The Labute approximate surface area is 255 Å². The molecule has 8 nitrogen and oxygen atoms in total. The largest absolute Gasteiger partial charge is 0.465 e. The van der Waals surface area contributed by atoms with Gasteiger partial charge in [0, 0.05) is 47.6 Å². The fourth-order valence-corrected chi connectivity index (χ4v) is 7.37. The highest BCUT2D eigenvalue weighted by Crippen LogP contribution is 2.38. The molecule has 0 spiro atoms. The number of amides is 1. The van der Waals surface area contributed by atoms with Gasteiger partial charge >= 0.3 is 11.9 Å². The third kappa shape index (κ3) is 6.05. The Morgan fingerprint density at radius 3 is 2.51 bits per heavy atom. The number of carbonyl (C=O) groups is 3. The Bertz CT molecular complexity index is 1680. The molecule has 0 bridgehead atoms. The van der Waals surface area contributed by atoms with Crippen molar-refractivity contribution >= 4 is 45.1 Å². The first-order valence-electron chi connectivity index (χ1n) is 14.8. The Kier molecular flexibility index (Phi) is 8.54. The number of carbonyl (C=O) groups excluding carboxylic acids is 3. The van der Waals surface area contributed by atoms with Crippen LogP contribution in [-0.2, 0) is 46.6 Å². The summed E-state index contributed by atoms with van der Waals surface area (Å²) in [5.41, 5.74) is 5.49. The smallest absolute Gasteiger partial charge is 0.341 e. The van der Waals surface area contributed by atoms with Crippen molar-refractivity contribution < 1.29 is 23.9 Å². The highest BCUT2D eigenvalue weighted by molar-refractivity contribution is 7.17. The molecule has 9 heteroatoms. The molecule has 0 radical (unpaired) electrons. The number of thiophene rings is 1. The maximum absolute atomic E-state index is 13.9. The van der Waals surface area contributed by atoms with E-state index in [-0.39, 0.29) is 0 Å². The number of methoxy groups -OCH3 is 1. The van der Waals surface area contributed by atoms with Crippen molar-refractivity contribution in [3.8, 4) is 0 Å². The second-order valence-electron chi connectivity index (χ2n) is 11.2. The third-order valence-electron chi connectivity index (χ3n) is 8.28. The molecule has 0 saturated heterocycles. The summed E-state index contributed by atoms with van der Waals surface area (Å²) in [4.78, 5) is 48.3. The minimum atomic E-state index is -1.09. The van der Waals surface area contributed by atoms with E-state index in [2.05, 4.69) is 22.3 Å². The number of anilines is 1. The van der Waals surface area contributed by atoms with Crippen molar-refractivity contribution in [2.45, 2.75) is 64.6 Å². The van der Waals surface area contributed by atoms with Gasteiger partial charge < -0.3 is 14.8 Å². The van der Waals surface area contributed by atoms with Crippen LogP contribution in [0.2, 0.25) is 0 Å². The molecule has 1 aliphatic heterocycles. The van der Waals surface area contributed by atoms with Crippen molar-refractivity contribution in [2.75, 3.05) is 19.0 Å². The van der Waals surface area contributed by atoms with E-state index >= 15 is 0 Å². The lowest BCUT2D eigenvalue weighted by Crippen LogP contribution is -2.34. The molecule has 0 saturated carbocycles. The van der Waals surface area contributed by atoms with Crippen molar-refractivity contribution in [2.24, 2.45) is 0 Å². The number of ether oxygens (including phenoxy) is 2. The lowest BCUT2D eigenvalue weighted by atomic mass is 9.95. The molecule has 6 rings (SSSR count). The van der Waals surface area contributed by atoms with Gasteiger partial charge in [-0.25, -0.2) is 9.59 Å². The van der Waals surface area contributed by atoms with Crippen LogP contribution in [-0.4, -0.2) is 47.5 Å². The number of benzene rings is 2. The van der Waals surface area contributed by atoms with Crippen molar-refractivity contribution in [1.82, 2.24) is 9.88 Å². The van der Waals surface area contributed by atoms with Crippen LogP contribution in [0.15, 0.2) is 54.6 Å². The quantitative estimate of drug-likeness (QED) is 0.203. The van der Waals surface area contributed by atoms with Crippen LogP contribution in [0.1, 0.15) is 74.2 Å². The second kappa shape index (κ2) is 12.7. The van der Waals surface area contributed by atoms with E-state index in [1.807, 2.05) is 42.5 Å². The summed E-state index contributed by atoms with van der Waals surface area (Å²) in [7, 11) is 1.35. The van der Waals surface area contributed by atoms with Crippen LogP contribution in [0.4, 0.5) is 5.00 Å². The molecule has 2 aromatic heterocycles. The van der Waals surface area contributed by atoms with Crippen molar-refractivity contribution in [1.29, 1.82) is 0 Å². The monoisotopic (exact) mass is 597 g/mol. The topological polar surface area (TPSA) is 97.8 Å². The summed E-state index contributed by atoms with van der Waals surface area (Å²) >= 11 is 1.41. The van der Waals surface area contributed by atoms with E-state index in [1.165, 1.54) is 24.0 Å². The molecule has 2 aliphatic rings. The number of fused-ring (bicyclic) bond motifs is 3. The molecule has 3 heterocycles. The predicted molar refractivity (Wildman–Crippen MR) is 166 cm³/mol. The normalized spacial score (nSPS) is 15.6. The average Bonchev–Trinajstić information content (AvgIpc) is 3.19. The first kappa shape index (κ1) is 29.0. The predicted octanol–water partition coefficient (Wildman–Crippen LogP) is 6.09. The molecule has 1 atom stereocenters. The van der Waals surface area contributed by atoms with Crippen LogP contribution in [0.5, 0.6) is 0 Å². The SMILES string of the molecule is COC(=O)c1c(NC(=O)C(C)OC(=O)c2c3c(nc4ccccc24)CCN(Cc2ccccc2)C3)sc2c1CCCCC2. The van der Waals surface area contributed by atoms with Gasteiger partial charge in [0.1, 0.15) is 5.00 Å². The van der Waals surface area contributed by atoms with Crippen molar-refractivity contribution in [3.05, 3.63) is 93.0 Å². The Balaban J connectivity index is 1.25. The maximum atomic E-state index is 13.9. The maximum Gasteiger partial charge on any atom is 0.341 e. The number of aryl methyl sites for hydroxylation is 1. The van der Waals surface area contributed by atoms with E-state index in [0.29, 0.717) is 34.5 Å². The molecule has 0 fully saturated rings. The number of aromatic nitrogens is 1. The zero-order chi connectivity index (χ0) is 29.9. The standard InChI is InChI=1S/C34H35N3O5S/c1-21(31(38)36-32-30(33(39)41-2)24-14-7-4-8-16-28(24)43-32)42-34(40)29-23-13-9-10-15-26(23)35-27-17-18-37(20-25(27)29)19-22-11-5-3-6-12-22/h3,5-6,9-13,15,21H,4,7-8,14,16-20H2,1-2H3,(H,36,38). The van der Waals surface area contributed by atoms with E-state index in [4.69, 9.17) is 14.5 Å². The van der Waals surface area contributed by atoms with Crippen LogP contribution in [0.25, 0.3) is 10.9 Å². The highest BCUT2D eigenvalue weighted by Gasteiger charge is 2.31. The molecule has 1 amide bonds. The summed E-state index contributed by atoms with van der Waals surface area (Å²) < 4.78 is 10.9. The first-order chi connectivity index (χ1) is 20.9. The van der Waals surface area contributed by atoms with E-state index in [9.17, 15) is 14.4 Å². The molecule has 222 valence electrons. The minimum Gasteiger partial charge on any atom is -0.465 e. The number of hydrogen-bond acceptors (Lipinski definition) is 8. The zero-order valence-electron chi connectivity index (χ0n) is 24.5. The van der Waals surface area contributed by atoms with Crippen LogP contribution in [0.3, 0.4) is 0 Å². The molecule has 1 aliphatic carbocycles. The van der Waals surface area contributed by atoms with Gasteiger partial charge in [-0.3, -0.25) is 14.7 Å². The fourth-order valence-electron chi connectivity index (χ4n) is 6.09. The molecular formula is C34H35N3O5S.